The van der Waals surface area contributed by atoms with E-state index in [4.69, 9.17) is 9.47 Å². The van der Waals surface area contributed by atoms with Crippen LogP contribution in [0.4, 0.5) is 5.69 Å². The molecule has 0 aromatic heterocycles. The highest BCUT2D eigenvalue weighted by molar-refractivity contribution is 6.11. The first-order chi connectivity index (χ1) is 16.5. The summed E-state index contributed by atoms with van der Waals surface area (Å²) in [7, 11) is 1.59. The Balaban J connectivity index is 1.88. The minimum atomic E-state index is -0.907. The number of hydrogen-bond donors (Lipinski definition) is 1. The van der Waals surface area contributed by atoms with Gasteiger partial charge in [0.05, 0.1) is 7.11 Å². The molecule has 0 spiro atoms. The van der Waals surface area contributed by atoms with Gasteiger partial charge in [-0.2, -0.15) is 0 Å². The van der Waals surface area contributed by atoms with Crippen molar-refractivity contribution in [3.8, 4) is 11.5 Å². The lowest BCUT2D eigenvalue weighted by atomic mass is 10.00. The third-order valence-electron chi connectivity index (χ3n) is 5.94. The molecule has 0 saturated heterocycles. The standard InChI is InChI=1S/C28H30N2O4/c1-19(2)16-17-29-27(31)26-24-10-6-7-11-25(24)34-18-20-8-4-5-9-23(20)28(32)30(26)21-12-14-22(33-3)15-13-21/h4-15,19,26H,16-18H2,1-3H3,(H,29,31). The summed E-state index contributed by atoms with van der Waals surface area (Å²) in [6.07, 6.45) is 0.843. The summed E-state index contributed by atoms with van der Waals surface area (Å²) in [6.45, 7) is 4.98. The molecular formula is C28H30N2O4. The summed E-state index contributed by atoms with van der Waals surface area (Å²) >= 11 is 0. The molecule has 4 rings (SSSR count). The minimum Gasteiger partial charge on any atom is -0.497 e. The second kappa shape index (κ2) is 10.4. The smallest absolute Gasteiger partial charge is 0.259 e. The number of methoxy groups -OCH3 is 1. The molecule has 34 heavy (non-hydrogen) atoms. The van der Waals surface area contributed by atoms with Crippen LogP contribution in [0.3, 0.4) is 0 Å². The molecule has 0 saturated carbocycles. The fourth-order valence-corrected chi connectivity index (χ4v) is 4.08. The van der Waals surface area contributed by atoms with Gasteiger partial charge < -0.3 is 14.8 Å². The van der Waals surface area contributed by atoms with Crippen molar-refractivity contribution in [2.45, 2.75) is 32.9 Å². The highest BCUT2D eigenvalue weighted by atomic mass is 16.5. The third-order valence-corrected chi connectivity index (χ3v) is 5.94. The second-order valence-corrected chi connectivity index (χ2v) is 8.73. The molecule has 0 aliphatic carbocycles. The van der Waals surface area contributed by atoms with E-state index >= 15 is 0 Å². The van der Waals surface area contributed by atoms with Crippen molar-refractivity contribution in [3.63, 3.8) is 0 Å². The Kier molecular flexibility index (Phi) is 7.16. The van der Waals surface area contributed by atoms with E-state index < -0.39 is 6.04 Å². The molecule has 3 aromatic rings. The first-order valence-electron chi connectivity index (χ1n) is 11.5. The minimum absolute atomic E-state index is 0.233. The zero-order chi connectivity index (χ0) is 24.1. The topological polar surface area (TPSA) is 67.9 Å². The van der Waals surface area contributed by atoms with Crippen molar-refractivity contribution < 1.29 is 19.1 Å². The van der Waals surface area contributed by atoms with Crippen molar-refractivity contribution >= 4 is 17.5 Å². The Labute approximate surface area is 200 Å². The number of fused-ring (bicyclic) bond motifs is 2. The van der Waals surface area contributed by atoms with E-state index in [0.29, 0.717) is 40.8 Å². The molecule has 1 atom stereocenters. The van der Waals surface area contributed by atoms with Crippen LogP contribution in [0.5, 0.6) is 11.5 Å². The molecule has 1 heterocycles. The average molecular weight is 459 g/mol. The lowest BCUT2D eigenvalue weighted by Crippen LogP contribution is -2.44. The number of para-hydroxylation sites is 1. The summed E-state index contributed by atoms with van der Waals surface area (Å²) in [5.74, 6) is 1.19. The number of ether oxygens (including phenoxy) is 2. The highest BCUT2D eigenvalue weighted by Gasteiger charge is 2.36. The van der Waals surface area contributed by atoms with Gasteiger partial charge in [0.15, 0.2) is 0 Å². The van der Waals surface area contributed by atoms with Crippen LogP contribution in [0.2, 0.25) is 0 Å². The van der Waals surface area contributed by atoms with E-state index in [2.05, 4.69) is 19.2 Å². The number of rotatable bonds is 6. The molecule has 0 bridgehead atoms. The van der Waals surface area contributed by atoms with Gasteiger partial charge in [0, 0.05) is 28.9 Å². The first kappa shape index (κ1) is 23.4. The van der Waals surface area contributed by atoms with E-state index in [1.165, 1.54) is 0 Å². The van der Waals surface area contributed by atoms with E-state index in [-0.39, 0.29) is 18.4 Å². The van der Waals surface area contributed by atoms with E-state index in [9.17, 15) is 9.59 Å². The van der Waals surface area contributed by atoms with Crippen LogP contribution >= 0.6 is 0 Å². The summed E-state index contributed by atoms with van der Waals surface area (Å²) in [6, 6.07) is 21.1. The molecule has 0 radical (unpaired) electrons. The first-order valence-corrected chi connectivity index (χ1v) is 11.5. The van der Waals surface area contributed by atoms with Crippen LogP contribution in [0, 0.1) is 5.92 Å². The molecule has 1 aliphatic heterocycles. The van der Waals surface area contributed by atoms with Crippen LogP contribution in [0.15, 0.2) is 72.8 Å². The van der Waals surface area contributed by atoms with Crippen molar-refractivity contribution in [1.29, 1.82) is 0 Å². The number of benzene rings is 3. The zero-order valence-corrected chi connectivity index (χ0v) is 19.8. The molecule has 1 unspecified atom stereocenters. The van der Waals surface area contributed by atoms with E-state index in [0.717, 1.165) is 12.0 Å². The molecule has 0 fully saturated rings. The number of carbonyl (C=O) groups excluding carboxylic acids is 2. The molecule has 3 aromatic carbocycles. The predicted molar refractivity (Wildman–Crippen MR) is 132 cm³/mol. The fraction of sp³-hybridized carbons (Fsp3) is 0.286. The SMILES string of the molecule is COc1ccc(N2C(=O)c3ccccc3COc3ccccc3C2C(=O)NCCC(C)C)cc1. The monoisotopic (exact) mass is 458 g/mol. The van der Waals surface area contributed by atoms with Gasteiger partial charge in [-0.3, -0.25) is 14.5 Å². The van der Waals surface area contributed by atoms with Crippen LogP contribution in [-0.2, 0) is 11.4 Å². The molecule has 1 N–H and O–H groups in total. The Morgan fingerprint density at radius 3 is 2.50 bits per heavy atom. The van der Waals surface area contributed by atoms with E-state index in [1.807, 2.05) is 42.5 Å². The number of anilines is 1. The van der Waals surface area contributed by atoms with Crippen LogP contribution < -0.4 is 19.7 Å². The van der Waals surface area contributed by atoms with Gasteiger partial charge in [-0.1, -0.05) is 50.2 Å². The molecule has 2 amide bonds. The maximum absolute atomic E-state index is 14.1. The lowest BCUT2D eigenvalue weighted by Gasteiger charge is -2.32. The highest BCUT2D eigenvalue weighted by Crippen LogP contribution is 2.37. The maximum atomic E-state index is 14.1. The Morgan fingerprint density at radius 2 is 1.76 bits per heavy atom. The average Bonchev–Trinajstić information content (AvgIpc) is 2.90. The van der Waals surface area contributed by atoms with Gasteiger partial charge >= 0.3 is 0 Å². The lowest BCUT2D eigenvalue weighted by molar-refractivity contribution is -0.122. The molecule has 6 nitrogen and oxygen atoms in total. The van der Waals surface area contributed by atoms with Gasteiger partial charge in [-0.25, -0.2) is 0 Å². The molecular weight excluding hydrogens is 428 g/mol. The summed E-state index contributed by atoms with van der Waals surface area (Å²) < 4.78 is 11.5. The van der Waals surface area contributed by atoms with Gasteiger partial charge in [-0.05, 0) is 48.7 Å². The van der Waals surface area contributed by atoms with Crippen molar-refractivity contribution in [3.05, 3.63) is 89.5 Å². The summed E-state index contributed by atoms with van der Waals surface area (Å²) in [5.41, 5.74) is 2.51. The van der Waals surface area contributed by atoms with E-state index in [1.54, 1.807) is 42.3 Å². The Hall–Kier alpha value is -3.80. The molecule has 1 aliphatic rings. The van der Waals surface area contributed by atoms with Crippen LogP contribution in [0.25, 0.3) is 0 Å². The molecule has 6 heteroatoms. The van der Waals surface area contributed by atoms with Gasteiger partial charge in [-0.15, -0.1) is 0 Å². The largest absolute Gasteiger partial charge is 0.497 e. The van der Waals surface area contributed by atoms with Crippen molar-refractivity contribution in [2.24, 2.45) is 5.92 Å². The second-order valence-electron chi connectivity index (χ2n) is 8.73. The number of nitrogens with one attached hydrogen (secondary N) is 1. The zero-order valence-electron chi connectivity index (χ0n) is 19.8. The number of amides is 2. The quantitative estimate of drug-likeness (QED) is 0.556. The fourth-order valence-electron chi connectivity index (χ4n) is 4.08. The predicted octanol–water partition coefficient (Wildman–Crippen LogP) is 5.14. The Morgan fingerprint density at radius 1 is 1.06 bits per heavy atom. The number of nitrogens with zero attached hydrogens (tertiary/aromatic N) is 1. The Bertz CT molecular complexity index is 1160. The van der Waals surface area contributed by atoms with Gasteiger partial charge in [0.1, 0.15) is 24.1 Å². The summed E-state index contributed by atoms with van der Waals surface area (Å²) in [5, 5.41) is 3.05. The normalized spacial score (nSPS) is 15.4. The number of hydrogen-bond acceptors (Lipinski definition) is 4. The third kappa shape index (κ3) is 4.91. The molecule has 176 valence electrons. The van der Waals surface area contributed by atoms with Crippen molar-refractivity contribution in [1.82, 2.24) is 5.32 Å². The van der Waals surface area contributed by atoms with Crippen LogP contribution in [-0.4, -0.2) is 25.5 Å². The van der Waals surface area contributed by atoms with Gasteiger partial charge in [0.2, 0.25) is 5.91 Å². The summed E-state index contributed by atoms with van der Waals surface area (Å²) in [4.78, 5) is 29.3. The van der Waals surface area contributed by atoms with Crippen molar-refractivity contribution in [2.75, 3.05) is 18.6 Å². The maximum Gasteiger partial charge on any atom is 0.259 e. The van der Waals surface area contributed by atoms with Gasteiger partial charge in [0.25, 0.3) is 5.91 Å². The number of carbonyl (C=O) groups is 2. The van der Waals surface area contributed by atoms with Crippen LogP contribution in [0.1, 0.15) is 47.8 Å².